The lowest BCUT2D eigenvalue weighted by Crippen LogP contribution is -2.48. The molecule has 1 aliphatic rings. The van der Waals surface area contributed by atoms with E-state index in [1.807, 2.05) is 48.5 Å². The molecule has 0 atom stereocenters. The molecule has 5 rings (SSSR count). The molecule has 0 unspecified atom stereocenters. The fourth-order valence-corrected chi connectivity index (χ4v) is 5.04. The predicted octanol–water partition coefficient (Wildman–Crippen LogP) is 5.09. The molecule has 0 aliphatic carbocycles. The molecule has 0 radical (unpaired) electrons. The van der Waals surface area contributed by atoms with Crippen molar-refractivity contribution >= 4 is 35.0 Å². The van der Waals surface area contributed by atoms with E-state index in [1.54, 1.807) is 44.2 Å². The number of hydrogen-bond acceptors (Lipinski definition) is 6. The molecule has 204 valence electrons. The summed E-state index contributed by atoms with van der Waals surface area (Å²) < 4.78 is 11.8. The van der Waals surface area contributed by atoms with E-state index < -0.39 is 0 Å². The van der Waals surface area contributed by atoms with Gasteiger partial charge in [-0.2, -0.15) is 0 Å². The van der Waals surface area contributed by atoms with Gasteiger partial charge in [-0.25, -0.2) is 0 Å². The van der Waals surface area contributed by atoms with Gasteiger partial charge in [0, 0.05) is 57.4 Å². The second-order valence-corrected chi connectivity index (χ2v) is 9.66. The Morgan fingerprint density at radius 1 is 0.949 bits per heavy atom. The Morgan fingerprint density at radius 2 is 1.64 bits per heavy atom. The SMILES string of the molecule is COc1ccccc1N1CCN(CCN(C)C(=O)c2cccc3c(=O)c(C)c(-c4ccccc4)oc23)CC1.Cl. The molecule has 0 N–H and O–H groups in total. The van der Waals surface area contributed by atoms with Crippen molar-refractivity contribution in [3.63, 3.8) is 0 Å². The van der Waals surface area contributed by atoms with E-state index in [1.165, 1.54) is 0 Å². The lowest BCUT2D eigenvalue weighted by Gasteiger charge is -2.37. The first-order valence-corrected chi connectivity index (χ1v) is 13.0. The second-order valence-electron chi connectivity index (χ2n) is 9.66. The number of anilines is 1. The third-order valence-electron chi connectivity index (χ3n) is 7.31. The van der Waals surface area contributed by atoms with Gasteiger partial charge in [0.05, 0.1) is 23.7 Å². The quantitative estimate of drug-likeness (QED) is 0.321. The van der Waals surface area contributed by atoms with Crippen molar-refractivity contribution in [2.24, 2.45) is 0 Å². The zero-order chi connectivity index (χ0) is 26.6. The molecule has 3 aromatic carbocycles. The Morgan fingerprint density at radius 3 is 2.36 bits per heavy atom. The van der Waals surface area contributed by atoms with E-state index in [-0.39, 0.29) is 23.7 Å². The number of carbonyl (C=O) groups excluding carboxylic acids is 1. The molecule has 0 saturated carbocycles. The van der Waals surface area contributed by atoms with Crippen LogP contribution in [0.5, 0.6) is 5.75 Å². The van der Waals surface area contributed by atoms with Crippen molar-refractivity contribution in [2.75, 3.05) is 58.3 Å². The third kappa shape index (κ3) is 5.79. The van der Waals surface area contributed by atoms with Crippen LogP contribution in [0.2, 0.25) is 0 Å². The van der Waals surface area contributed by atoms with Gasteiger partial charge in [0.1, 0.15) is 11.5 Å². The number of nitrogens with zero attached hydrogens (tertiary/aromatic N) is 3. The third-order valence-corrected chi connectivity index (χ3v) is 7.31. The number of fused-ring (bicyclic) bond motifs is 1. The molecule has 0 spiro atoms. The maximum atomic E-state index is 13.5. The smallest absolute Gasteiger partial charge is 0.257 e. The fraction of sp³-hybridized carbons (Fsp3) is 0.290. The first kappa shape index (κ1) is 28.2. The van der Waals surface area contributed by atoms with E-state index in [0.29, 0.717) is 34.4 Å². The van der Waals surface area contributed by atoms with Crippen LogP contribution in [0, 0.1) is 6.92 Å². The normalized spacial score (nSPS) is 13.7. The summed E-state index contributed by atoms with van der Waals surface area (Å²) in [5, 5.41) is 0.425. The van der Waals surface area contributed by atoms with Gasteiger partial charge in [-0.3, -0.25) is 14.5 Å². The number of carbonyl (C=O) groups is 1. The lowest BCUT2D eigenvalue weighted by atomic mass is 10.0. The Labute approximate surface area is 235 Å². The minimum atomic E-state index is -0.158. The topological polar surface area (TPSA) is 66.2 Å². The monoisotopic (exact) mass is 547 g/mol. The summed E-state index contributed by atoms with van der Waals surface area (Å²) in [4.78, 5) is 33.1. The highest BCUT2D eigenvalue weighted by molar-refractivity contribution is 6.05. The van der Waals surface area contributed by atoms with Crippen LogP contribution in [-0.4, -0.2) is 69.1 Å². The number of amides is 1. The lowest BCUT2D eigenvalue weighted by molar-refractivity contribution is 0.0777. The molecule has 8 heteroatoms. The highest BCUT2D eigenvalue weighted by Gasteiger charge is 2.23. The summed E-state index contributed by atoms with van der Waals surface area (Å²) in [6.07, 6.45) is 0. The van der Waals surface area contributed by atoms with Crippen LogP contribution in [0.1, 0.15) is 15.9 Å². The summed E-state index contributed by atoms with van der Waals surface area (Å²) in [5.41, 5.74) is 3.09. The van der Waals surface area contributed by atoms with E-state index >= 15 is 0 Å². The molecular weight excluding hydrogens is 514 g/mol. The summed E-state index contributed by atoms with van der Waals surface area (Å²) in [6.45, 7) is 6.71. The Hall–Kier alpha value is -3.81. The van der Waals surface area contributed by atoms with Gasteiger partial charge < -0.3 is 19.0 Å². The standard InChI is InChI=1S/C31H33N3O4.ClH/c1-22-28(35)24-12-9-13-25(30(24)38-29(22)23-10-5-4-6-11-23)31(36)32(2)16-17-33-18-20-34(21-19-33)26-14-7-8-15-27(26)37-3;/h4-15H,16-21H2,1-3H3;1H. The summed E-state index contributed by atoms with van der Waals surface area (Å²) in [5.74, 6) is 1.23. The van der Waals surface area contributed by atoms with Crippen LogP contribution in [-0.2, 0) is 0 Å². The maximum Gasteiger partial charge on any atom is 0.257 e. The molecule has 1 amide bonds. The number of benzene rings is 3. The van der Waals surface area contributed by atoms with Gasteiger partial charge in [0.2, 0.25) is 0 Å². The fourth-order valence-electron chi connectivity index (χ4n) is 5.04. The van der Waals surface area contributed by atoms with Crippen LogP contribution in [0.15, 0.2) is 82.0 Å². The van der Waals surface area contributed by atoms with Gasteiger partial charge in [0.25, 0.3) is 5.91 Å². The van der Waals surface area contributed by atoms with Crippen molar-refractivity contribution in [3.05, 3.63) is 94.1 Å². The van der Waals surface area contributed by atoms with E-state index in [9.17, 15) is 9.59 Å². The molecule has 1 fully saturated rings. The average molecular weight is 548 g/mol. The van der Waals surface area contributed by atoms with Crippen LogP contribution in [0.25, 0.3) is 22.3 Å². The van der Waals surface area contributed by atoms with Crippen molar-refractivity contribution in [1.29, 1.82) is 0 Å². The number of hydrogen-bond donors (Lipinski definition) is 0. The summed E-state index contributed by atoms with van der Waals surface area (Å²) >= 11 is 0. The summed E-state index contributed by atoms with van der Waals surface area (Å²) in [6, 6.07) is 22.8. The Balaban J connectivity index is 0.00000353. The molecule has 4 aromatic rings. The van der Waals surface area contributed by atoms with E-state index in [2.05, 4.69) is 15.9 Å². The highest BCUT2D eigenvalue weighted by Crippen LogP contribution is 2.29. The number of para-hydroxylation sites is 3. The molecule has 39 heavy (non-hydrogen) atoms. The number of piperazine rings is 1. The van der Waals surface area contributed by atoms with Gasteiger partial charge in [-0.1, -0.05) is 48.5 Å². The first-order chi connectivity index (χ1) is 18.5. The molecule has 0 bridgehead atoms. The zero-order valence-corrected chi connectivity index (χ0v) is 23.4. The number of methoxy groups -OCH3 is 1. The van der Waals surface area contributed by atoms with Crippen LogP contribution < -0.4 is 15.1 Å². The Kier molecular flexibility index (Phi) is 8.94. The van der Waals surface area contributed by atoms with Crippen molar-refractivity contribution < 1.29 is 13.9 Å². The minimum absolute atomic E-state index is 0. The molecule has 7 nitrogen and oxygen atoms in total. The molecule has 1 aliphatic heterocycles. The van der Waals surface area contributed by atoms with Gasteiger partial charge in [-0.05, 0) is 31.2 Å². The number of ether oxygens (including phenoxy) is 1. The van der Waals surface area contributed by atoms with E-state index in [0.717, 1.165) is 49.7 Å². The summed E-state index contributed by atoms with van der Waals surface area (Å²) in [7, 11) is 3.50. The van der Waals surface area contributed by atoms with Gasteiger partial charge >= 0.3 is 0 Å². The first-order valence-electron chi connectivity index (χ1n) is 13.0. The second kappa shape index (κ2) is 12.4. The van der Waals surface area contributed by atoms with Crippen LogP contribution in [0.4, 0.5) is 5.69 Å². The minimum Gasteiger partial charge on any atom is -0.495 e. The van der Waals surface area contributed by atoms with E-state index in [4.69, 9.17) is 9.15 Å². The van der Waals surface area contributed by atoms with Crippen molar-refractivity contribution in [2.45, 2.75) is 6.92 Å². The maximum absolute atomic E-state index is 13.5. The number of halogens is 1. The van der Waals surface area contributed by atoms with Crippen molar-refractivity contribution in [1.82, 2.24) is 9.80 Å². The highest BCUT2D eigenvalue weighted by atomic mass is 35.5. The zero-order valence-electron chi connectivity index (χ0n) is 22.6. The molecule has 1 aromatic heterocycles. The van der Waals surface area contributed by atoms with Crippen LogP contribution >= 0.6 is 12.4 Å². The number of likely N-dealkylation sites (N-methyl/N-ethyl adjacent to an activating group) is 1. The van der Waals surface area contributed by atoms with Crippen molar-refractivity contribution in [3.8, 4) is 17.1 Å². The van der Waals surface area contributed by atoms with Crippen LogP contribution in [0.3, 0.4) is 0 Å². The van der Waals surface area contributed by atoms with Gasteiger partial charge in [0.15, 0.2) is 11.0 Å². The van der Waals surface area contributed by atoms with Gasteiger partial charge in [-0.15, -0.1) is 12.4 Å². The molecule has 1 saturated heterocycles. The molecule has 2 heterocycles. The largest absolute Gasteiger partial charge is 0.495 e. The predicted molar refractivity (Wildman–Crippen MR) is 159 cm³/mol. The average Bonchev–Trinajstić information content (AvgIpc) is 2.97. The Bertz CT molecular complexity index is 1500. The number of rotatable bonds is 7. The molecular formula is C31H34ClN3O4.